The van der Waals surface area contributed by atoms with Crippen molar-refractivity contribution in [2.24, 2.45) is 5.92 Å². The quantitative estimate of drug-likeness (QED) is 0.517. The first kappa shape index (κ1) is 28.8. The molecule has 2 amide bonds. The number of rotatable bonds is 4. The summed E-state index contributed by atoms with van der Waals surface area (Å²) < 4.78 is 0. The zero-order valence-corrected chi connectivity index (χ0v) is 13.9. The van der Waals surface area contributed by atoms with Gasteiger partial charge in [0, 0.05) is 21.7 Å². The summed E-state index contributed by atoms with van der Waals surface area (Å²) in [5.74, 6) is -0.850. The Morgan fingerprint density at radius 2 is 1.59 bits per heavy atom. The van der Waals surface area contributed by atoms with Crippen LogP contribution in [-0.2, 0) is 31.3 Å². The van der Waals surface area contributed by atoms with E-state index in [1.165, 1.54) is 5.01 Å². The number of hydrogen-bond donors (Lipinski definition) is 1. The van der Waals surface area contributed by atoms with Crippen LogP contribution >= 0.6 is 0 Å². The number of nitrogens with one attached hydrogen (secondary N) is 1. The van der Waals surface area contributed by atoms with E-state index in [2.05, 4.69) is 5.43 Å². The molecule has 1 unspecified atom stereocenters. The summed E-state index contributed by atoms with van der Waals surface area (Å²) in [5.41, 5.74) is 3.34. The van der Waals surface area contributed by atoms with Crippen molar-refractivity contribution in [1.29, 1.82) is 0 Å². The van der Waals surface area contributed by atoms with Crippen molar-refractivity contribution in [2.45, 2.75) is 26.2 Å². The molecule has 1 fully saturated rings. The molecule has 1 aromatic rings. The summed E-state index contributed by atoms with van der Waals surface area (Å²) in [4.78, 5) is 23.8. The van der Waals surface area contributed by atoms with Gasteiger partial charge in [-0.2, -0.15) is 0 Å². The van der Waals surface area contributed by atoms with Crippen molar-refractivity contribution in [3.63, 3.8) is 0 Å². The minimum absolute atomic E-state index is 0. The zero-order valence-electron chi connectivity index (χ0n) is 12.3. The Morgan fingerprint density at radius 1 is 1.05 bits per heavy atom. The zero-order chi connectivity index (χ0) is 12.3. The molecule has 1 aliphatic rings. The number of unbranched alkanes of at least 4 members (excludes halogenated alkanes) is 1. The van der Waals surface area contributed by atoms with Gasteiger partial charge in [0.2, 0.25) is 0 Å². The molecular formula is C13H24N2O6Ti. The molecule has 22 heavy (non-hydrogen) atoms. The van der Waals surface area contributed by atoms with Gasteiger partial charge in [-0.3, -0.25) is 15.0 Å². The summed E-state index contributed by atoms with van der Waals surface area (Å²) in [6, 6.07) is 9.17. The number of nitrogens with zero attached hydrogens (tertiary/aromatic N) is 1. The van der Waals surface area contributed by atoms with Crippen molar-refractivity contribution in [1.82, 2.24) is 5.43 Å². The van der Waals surface area contributed by atoms with Crippen LogP contribution in [-0.4, -0.2) is 33.7 Å². The molecule has 0 aromatic heterocycles. The second kappa shape index (κ2) is 13.4. The van der Waals surface area contributed by atoms with Gasteiger partial charge < -0.3 is 21.9 Å². The minimum Gasteiger partial charge on any atom is -0.412 e. The molecule has 126 valence electrons. The maximum absolute atomic E-state index is 12.1. The third-order valence-corrected chi connectivity index (χ3v) is 2.92. The monoisotopic (exact) mass is 352 g/mol. The molecular weight excluding hydrogens is 328 g/mol. The van der Waals surface area contributed by atoms with E-state index < -0.39 is 5.92 Å². The van der Waals surface area contributed by atoms with Gasteiger partial charge >= 0.3 is 0 Å². The van der Waals surface area contributed by atoms with E-state index >= 15 is 0 Å². The first-order valence-electron chi connectivity index (χ1n) is 5.93. The van der Waals surface area contributed by atoms with E-state index in [9.17, 15) is 9.59 Å². The van der Waals surface area contributed by atoms with Crippen molar-refractivity contribution in [3.8, 4) is 0 Å². The van der Waals surface area contributed by atoms with Crippen molar-refractivity contribution in [2.75, 3.05) is 5.01 Å². The maximum atomic E-state index is 12.1. The van der Waals surface area contributed by atoms with E-state index in [0.717, 1.165) is 12.8 Å². The third kappa shape index (κ3) is 6.23. The summed E-state index contributed by atoms with van der Waals surface area (Å²) in [6.45, 7) is 2.05. The standard InChI is InChI=1S/C13H16N2O2.4H2O.Ti/c1-2-3-9-11-12(16)14-15(13(11)17)10-7-5-4-6-8-10;;;;;/h4-8,11H,2-3,9H2,1H3,(H,14,16);4*1H2;. The Morgan fingerprint density at radius 3 is 2.09 bits per heavy atom. The van der Waals surface area contributed by atoms with E-state index in [1.54, 1.807) is 12.1 Å². The van der Waals surface area contributed by atoms with Gasteiger partial charge in [0.25, 0.3) is 11.8 Å². The predicted octanol–water partition coefficient (Wildman–Crippen LogP) is -1.43. The molecule has 0 saturated carbocycles. The molecule has 9 N–H and O–H groups in total. The van der Waals surface area contributed by atoms with Crippen LogP contribution in [0, 0.1) is 5.92 Å². The second-order valence-corrected chi connectivity index (χ2v) is 4.18. The average Bonchev–Trinajstić information content (AvgIpc) is 2.64. The molecule has 9 heteroatoms. The molecule has 1 saturated heterocycles. The Kier molecular flexibility index (Phi) is 17.5. The number of hydrazine groups is 1. The number of hydrogen-bond acceptors (Lipinski definition) is 2. The Hall–Kier alpha value is -1.29. The number of carbonyl (C=O) groups is 2. The van der Waals surface area contributed by atoms with Crippen molar-refractivity contribution >= 4 is 17.5 Å². The number of amides is 2. The molecule has 2 rings (SSSR count). The van der Waals surface area contributed by atoms with Crippen LogP contribution < -0.4 is 10.4 Å². The molecule has 1 heterocycles. The topological polar surface area (TPSA) is 175 Å². The predicted molar refractivity (Wildman–Crippen MR) is 79.5 cm³/mol. The second-order valence-electron chi connectivity index (χ2n) is 4.18. The smallest absolute Gasteiger partial charge is 0.258 e. The Balaban J connectivity index is -0.000000324. The van der Waals surface area contributed by atoms with Gasteiger partial charge in [-0.15, -0.1) is 0 Å². The van der Waals surface area contributed by atoms with Crippen molar-refractivity contribution < 1.29 is 53.2 Å². The van der Waals surface area contributed by atoms with Crippen molar-refractivity contribution in [3.05, 3.63) is 30.3 Å². The summed E-state index contributed by atoms with van der Waals surface area (Å²) >= 11 is 0. The van der Waals surface area contributed by atoms with Crippen LogP contribution in [0.4, 0.5) is 5.69 Å². The maximum Gasteiger partial charge on any atom is 0.258 e. The first-order chi connectivity index (χ1) is 8.24. The minimum atomic E-state index is -0.518. The average molecular weight is 352 g/mol. The summed E-state index contributed by atoms with van der Waals surface area (Å²) in [7, 11) is 0. The molecule has 0 spiro atoms. The summed E-state index contributed by atoms with van der Waals surface area (Å²) in [6.07, 6.45) is 2.51. The number of para-hydroxylation sites is 1. The normalized spacial score (nSPS) is 15.1. The fraction of sp³-hybridized carbons (Fsp3) is 0.385. The van der Waals surface area contributed by atoms with Gasteiger partial charge in [0.1, 0.15) is 5.92 Å². The van der Waals surface area contributed by atoms with E-state index in [-0.39, 0.29) is 55.4 Å². The SMILES string of the molecule is CCCCC1C(=O)NN(c2ccccc2)C1=O.O.O.O.O.[Ti]. The molecule has 1 aromatic carbocycles. The number of benzene rings is 1. The molecule has 1 atom stereocenters. The molecule has 0 radical (unpaired) electrons. The Labute approximate surface area is 144 Å². The van der Waals surface area contributed by atoms with E-state index in [0.29, 0.717) is 12.1 Å². The molecule has 0 bridgehead atoms. The van der Waals surface area contributed by atoms with Gasteiger partial charge in [-0.05, 0) is 18.6 Å². The number of anilines is 1. The van der Waals surface area contributed by atoms with Crippen LogP contribution in [0.15, 0.2) is 30.3 Å². The van der Waals surface area contributed by atoms with Crippen LogP contribution in [0.3, 0.4) is 0 Å². The van der Waals surface area contributed by atoms with E-state index in [1.807, 2.05) is 25.1 Å². The van der Waals surface area contributed by atoms with Gasteiger partial charge in [0.15, 0.2) is 0 Å². The van der Waals surface area contributed by atoms with Gasteiger partial charge in [-0.1, -0.05) is 38.0 Å². The fourth-order valence-electron chi connectivity index (χ4n) is 1.94. The van der Waals surface area contributed by atoms with Crippen LogP contribution in [0.2, 0.25) is 0 Å². The van der Waals surface area contributed by atoms with Gasteiger partial charge in [0.05, 0.1) is 5.69 Å². The van der Waals surface area contributed by atoms with Crippen LogP contribution in [0.1, 0.15) is 26.2 Å². The van der Waals surface area contributed by atoms with E-state index in [4.69, 9.17) is 0 Å². The van der Waals surface area contributed by atoms with Gasteiger partial charge in [-0.25, -0.2) is 5.01 Å². The third-order valence-electron chi connectivity index (χ3n) is 2.92. The molecule has 1 aliphatic heterocycles. The first-order valence-corrected chi connectivity index (χ1v) is 5.93. The number of carbonyl (C=O) groups excluding carboxylic acids is 2. The van der Waals surface area contributed by atoms with Crippen LogP contribution in [0.5, 0.6) is 0 Å². The summed E-state index contributed by atoms with van der Waals surface area (Å²) in [5, 5.41) is 1.35. The molecule has 8 nitrogen and oxygen atoms in total. The Bertz CT molecular complexity index is 432. The molecule has 0 aliphatic carbocycles. The van der Waals surface area contributed by atoms with Crippen LogP contribution in [0.25, 0.3) is 0 Å². The fourth-order valence-corrected chi connectivity index (χ4v) is 1.94. The largest absolute Gasteiger partial charge is 0.412 e.